The van der Waals surface area contributed by atoms with Crippen LogP contribution in [0.5, 0.6) is 0 Å². The van der Waals surface area contributed by atoms with Crippen molar-refractivity contribution in [3.05, 3.63) is 34.9 Å². The van der Waals surface area contributed by atoms with Crippen molar-refractivity contribution in [2.75, 3.05) is 27.2 Å². The van der Waals surface area contributed by atoms with Gasteiger partial charge in [-0.05, 0) is 44.6 Å². The molecule has 0 amide bonds. The summed E-state index contributed by atoms with van der Waals surface area (Å²) < 4.78 is 0. The molecular weight excluding hydrogens is 210 g/mol. The second kappa shape index (κ2) is 6.39. The molecule has 1 rings (SSSR count). The summed E-state index contributed by atoms with van der Waals surface area (Å²) in [6.45, 7) is 5.86. The molecule has 3 nitrogen and oxygen atoms in total. The first kappa shape index (κ1) is 13.7. The Labute approximate surface area is 104 Å². The highest BCUT2D eigenvalue weighted by Gasteiger charge is 2.14. The van der Waals surface area contributed by atoms with Gasteiger partial charge in [-0.3, -0.25) is 5.32 Å². The standard InChI is InChI=1S/C14H21N3/c1-11-6-5-7-12(2)14(11)13(10-15)16-8-9-17(3)4/h5-7,13,16H,8-9H2,1-4H3. The molecule has 0 spiro atoms. The van der Waals surface area contributed by atoms with Gasteiger partial charge in [0.2, 0.25) is 0 Å². The van der Waals surface area contributed by atoms with E-state index < -0.39 is 0 Å². The van der Waals surface area contributed by atoms with Crippen molar-refractivity contribution in [1.29, 1.82) is 5.26 Å². The molecule has 0 aromatic heterocycles. The van der Waals surface area contributed by atoms with Crippen LogP contribution >= 0.6 is 0 Å². The maximum Gasteiger partial charge on any atom is 0.121 e. The SMILES string of the molecule is Cc1cccc(C)c1C(C#N)NCCN(C)C. The van der Waals surface area contributed by atoms with E-state index in [1.54, 1.807) is 0 Å². The molecular formula is C14H21N3. The van der Waals surface area contributed by atoms with Gasteiger partial charge in [-0.25, -0.2) is 0 Å². The molecule has 92 valence electrons. The second-order valence-electron chi connectivity index (χ2n) is 4.62. The van der Waals surface area contributed by atoms with Crippen LogP contribution in [0.15, 0.2) is 18.2 Å². The number of nitriles is 1. The predicted molar refractivity (Wildman–Crippen MR) is 70.8 cm³/mol. The van der Waals surface area contributed by atoms with Crippen molar-refractivity contribution in [2.24, 2.45) is 0 Å². The molecule has 1 aromatic rings. The van der Waals surface area contributed by atoms with Gasteiger partial charge < -0.3 is 4.90 Å². The molecule has 1 aromatic carbocycles. The first-order valence-corrected chi connectivity index (χ1v) is 5.90. The predicted octanol–water partition coefficient (Wildman–Crippen LogP) is 2.02. The molecule has 0 bridgehead atoms. The van der Waals surface area contributed by atoms with E-state index in [0.717, 1.165) is 18.7 Å². The highest BCUT2D eigenvalue weighted by molar-refractivity contribution is 5.38. The van der Waals surface area contributed by atoms with Gasteiger partial charge in [-0.1, -0.05) is 18.2 Å². The van der Waals surface area contributed by atoms with Crippen molar-refractivity contribution < 1.29 is 0 Å². The van der Waals surface area contributed by atoms with Crippen molar-refractivity contribution in [2.45, 2.75) is 19.9 Å². The zero-order chi connectivity index (χ0) is 12.8. The van der Waals surface area contributed by atoms with Gasteiger partial charge in [0.1, 0.15) is 6.04 Å². The van der Waals surface area contributed by atoms with E-state index in [1.165, 1.54) is 11.1 Å². The highest BCUT2D eigenvalue weighted by Crippen LogP contribution is 2.21. The van der Waals surface area contributed by atoms with Crippen molar-refractivity contribution in [1.82, 2.24) is 10.2 Å². The first-order valence-electron chi connectivity index (χ1n) is 5.90. The van der Waals surface area contributed by atoms with E-state index in [2.05, 4.69) is 42.3 Å². The monoisotopic (exact) mass is 231 g/mol. The van der Waals surface area contributed by atoms with Gasteiger partial charge in [-0.2, -0.15) is 5.26 Å². The van der Waals surface area contributed by atoms with Crippen molar-refractivity contribution in [3.8, 4) is 6.07 Å². The molecule has 1 unspecified atom stereocenters. The Morgan fingerprint density at radius 3 is 2.35 bits per heavy atom. The van der Waals surface area contributed by atoms with E-state index >= 15 is 0 Å². The van der Waals surface area contributed by atoms with Crippen LogP contribution in [0.3, 0.4) is 0 Å². The zero-order valence-electron chi connectivity index (χ0n) is 11.1. The topological polar surface area (TPSA) is 39.1 Å². The smallest absolute Gasteiger partial charge is 0.121 e. The van der Waals surface area contributed by atoms with Gasteiger partial charge in [-0.15, -0.1) is 0 Å². The van der Waals surface area contributed by atoms with Crippen molar-refractivity contribution >= 4 is 0 Å². The molecule has 0 aliphatic heterocycles. The Balaban J connectivity index is 2.77. The number of nitrogens with one attached hydrogen (secondary N) is 1. The fraction of sp³-hybridized carbons (Fsp3) is 0.500. The number of aryl methyl sites for hydroxylation is 2. The second-order valence-corrected chi connectivity index (χ2v) is 4.62. The van der Waals surface area contributed by atoms with Crippen LogP contribution in [0.2, 0.25) is 0 Å². The minimum absolute atomic E-state index is 0.212. The van der Waals surface area contributed by atoms with Crippen LogP contribution in [0.4, 0.5) is 0 Å². The largest absolute Gasteiger partial charge is 0.308 e. The molecule has 0 aliphatic carbocycles. The Bertz CT molecular complexity index is 384. The fourth-order valence-electron chi connectivity index (χ4n) is 1.93. The summed E-state index contributed by atoms with van der Waals surface area (Å²) in [6.07, 6.45) is 0. The third-order valence-corrected chi connectivity index (χ3v) is 2.87. The Hall–Kier alpha value is -1.37. The molecule has 0 fully saturated rings. The van der Waals surface area contributed by atoms with Crippen LogP contribution in [0.1, 0.15) is 22.7 Å². The van der Waals surface area contributed by atoms with E-state index in [4.69, 9.17) is 0 Å². The number of likely N-dealkylation sites (N-methyl/N-ethyl adjacent to an activating group) is 1. The number of benzene rings is 1. The summed E-state index contributed by atoms with van der Waals surface area (Å²) in [5.74, 6) is 0. The lowest BCUT2D eigenvalue weighted by molar-refractivity contribution is 0.394. The average Bonchev–Trinajstić information content (AvgIpc) is 2.26. The fourth-order valence-corrected chi connectivity index (χ4v) is 1.93. The Morgan fingerprint density at radius 1 is 1.29 bits per heavy atom. The van der Waals surface area contributed by atoms with Crippen LogP contribution in [-0.4, -0.2) is 32.1 Å². The summed E-state index contributed by atoms with van der Waals surface area (Å²) in [6, 6.07) is 8.27. The van der Waals surface area contributed by atoms with E-state index in [9.17, 15) is 5.26 Å². The van der Waals surface area contributed by atoms with Gasteiger partial charge >= 0.3 is 0 Å². The minimum Gasteiger partial charge on any atom is -0.308 e. The number of nitrogens with zero attached hydrogens (tertiary/aromatic N) is 2. The number of hydrogen-bond donors (Lipinski definition) is 1. The Morgan fingerprint density at radius 2 is 1.88 bits per heavy atom. The van der Waals surface area contributed by atoms with Crippen molar-refractivity contribution in [3.63, 3.8) is 0 Å². The zero-order valence-corrected chi connectivity index (χ0v) is 11.1. The number of hydrogen-bond acceptors (Lipinski definition) is 3. The maximum atomic E-state index is 9.27. The van der Waals surface area contributed by atoms with E-state index in [-0.39, 0.29) is 6.04 Å². The molecule has 0 saturated heterocycles. The van der Waals surface area contributed by atoms with E-state index in [0.29, 0.717) is 0 Å². The highest BCUT2D eigenvalue weighted by atomic mass is 15.1. The van der Waals surface area contributed by atoms with Crippen LogP contribution < -0.4 is 5.32 Å². The summed E-state index contributed by atoms with van der Waals surface area (Å²) in [5, 5.41) is 12.6. The first-order chi connectivity index (χ1) is 8.06. The molecule has 17 heavy (non-hydrogen) atoms. The summed E-state index contributed by atoms with van der Waals surface area (Å²) in [7, 11) is 4.06. The van der Waals surface area contributed by atoms with Gasteiger partial charge in [0.25, 0.3) is 0 Å². The molecule has 0 saturated carbocycles. The molecule has 0 radical (unpaired) electrons. The Kier molecular flexibility index (Phi) is 5.14. The minimum atomic E-state index is -0.212. The summed E-state index contributed by atoms with van der Waals surface area (Å²) in [5.41, 5.74) is 3.47. The molecule has 3 heteroatoms. The van der Waals surface area contributed by atoms with Gasteiger partial charge in [0.05, 0.1) is 6.07 Å². The lowest BCUT2D eigenvalue weighted by Gasteiger charge is -2.18. The molecule has 1 atom stereocenters. The lowest BCUT2D eigenvalue weighted by atomic mass is 9.97. The molecule has 0 aliphatic rings. The third kappa shape index (κ3) is 3.85. The number of rotatable bonds is 5. The lowest BCUT2D eigenvalue weighted by Crippen LogP contribution is -2.29. The van der Waals surface area contributed by atoms with Crippen LogP contribution in [-0.2, 0) is 0 Å². The normalized spacial score (nSPS) is 12.5. The van der Waals surface area contributed by atoms with Crippen LogP contribution in [0.25, 0.3) is 0 Å². The van der Waals surface area contributed by atoms with Gasteiger partial charge in [0.15, 0.2) is 0 Å². The maximum absolute atomic E-state index is 9.27. The van der Waals surface area contributed by atoms with Gasteiger partial charge in [0, 0.05) is 13.1 Å². The summed E-state index contributed by atoms with van der Waals surface area (Å²) in [4.78, 5) is 2.10. The summed E-state index contributed by atoms with van der Waals surface area (Å²) >= 11 is 0. The molecule has 0 heterocycles. The average molecular weight is 231 g/mol. The van der Waals surface area contributed by atoms with Crippen LogP contribution in [0, 0.1) is 25.2 Å². The molecule has 1 N–H and O–H groups in total. The quantitative estimate of drug-likeness (QED) is 0.842. The van der Waals surface area contributed by atoms with E-state index in [1.807, 2.05) is 20.2 Å². The third-order valence-electron chi connectivity index (χ3n) is 2.87.